The minimum Gasteiger partial charge on any atom is -0.318 e. The number of fused-ring (bicyclic) bond motifs is 2. The normalized spacial score (nSPS) is 12.2. The van der Waals surface area contributed by atoms with Crippen LogP contribution in [0.15, 0.2) is 60.9 Å². The standard InChI is InChI=1S/C20H18N4OS/c1-13(19-22-17-7-3-4-9-18(17)26-19)24(2)20(25)23-16-8-5-6-14-12-21-11-10-15(14)16/h3-13H,1-2H3,(H,23,25)/t13-/m1/s1. The molecule has 0 aliphatic carbocycles. The third-order valence-electron chi connectivity index (χ3n) is 4.49. The molecular weight excluding hydrogens is 344 g/mol. The Labute approximate surface area is 155 Å². The Balaban J connectivity index is 1.57. The molecule has 0 bridgehead atoms. The number of benzene rings is 2. The van der Waals surface area contributed by atoms with Gasteiger partial charge in [-0.15, -0.1) is 11.3 Å². The summed E-state index contributed by atoms with van der Waals surface area (Å²) in [5.41, 5.74) is 1.74. The maximum Gasteiger partial charge on any atom is 0.322 e. The fraction of sp³-hybridized carbons (Fsp3) is 0.150. The van der Waals surface area contributed by atoms with Crippen molar-refractivity contribution in [1.29, 1.82) is 0 Å². The molecule has 0 aliphatic heterocycles. The lowest BCUT2D eigenvalue weighted by molar-refractivity contribution is 0.208. The molecule has 6 heteroatoms. The summed E-state index contributed by atoms with van der Waals surface area (Å²) in [5, 5.41) is 5.89. The summed E-state index contributed by atoms with van der Waals surface area (Å²) in [6.07, 6.45) is 3.52. The average Bonchev–Trinajstić information content (AvgIpc) is 3.11. The number of carbonyl (C=O) groups excluding carboxylic acids is 1. The number of anilines is 1. The van der Waals surface area contributed by atoms with E-state index in [0.717, 1.165) is 31.7 Å². The summed E-state index contributed by atoms with van der Waals surface area (Å²) in [6.45, 7) is 1.99. The maximum atomic E-state index is 12.8. The van der Waals surface area contributed by atoms with Crippen LogP contribution in [0.2, 0.25) is 0 Å². The van der Waals surface area contributed by atoms with Gasteiger partial charge in [-0.05, 0) is 31.2 Å². The van der Waals surface area contributed by atoms with Crippen LogP contribution < -0.4 is 5.32 Å². The SMILES string of the molecule is C[C@H](c1nc2ccccc2s1)N(C)C(=O)Nc1cccc2cnccc12. The number of pyridine rings is 1. The summed E-state index contributed by atoms with van der Waals surface area (Å²) in [5.74, 6) is 0. The van der Waals surface area contributed by atoms with Crippen molar-refractivity contribution >= 4 is 44.0 Å². The van der Waals surface area contributed by atoms with Crippen LogP contribution in [0.4, 0.5) is 10.5 Å². The van der Waals surface area contributed by atoms with Gasteiger partial charge in [-0.1, -0.05) is 24.3 Å². The van der Waals surface area contributed by atoms with E-state index in [-0.39, 0.29) is 12.1 Å². The van der Waals surface area contributed by atoms with Crippen molar-refractivity contribution in [3.8, 4) is 0 Å². The molecule has 4 aromatic rings. The molecule has 0 aliphatic rings. The van der Waals surface area contributed by atoms with E-state index in [9.17, 15) is 4.79 Å². The highest BCUT2D eigenvalue weighted by Crippen LogP contribution is 2.29. The van der Waals surface area contributed by atoms with E-state index < -0.39 is 0 Å². The van der Waals surface area contributed by atoms with Crippen molar-refractivity contribution in [3.63, 3.8) is 0 Å². The van der Waals surface area contributed by atoms with Gasteiger partial charge in [0.2, 0.25) is 0 Å². The summed E-state index contributed by atoms with van der Waals surface area (Å²) >= 11 is 1.62. The van der Waals surface area contributed by atoms with Crippen LogP contribution in [0.1, 0.15) is 18.0 Å². The van der Waals surface area contributed by atoms with Crippen molar-refractivity contribution in [2.24, 2.45) is 0 Å². The summed E-state index contributed by atoms with van der Waals surface area (Å²) < 4.78 is 1.13. The minimum atomic E-state index is -0.166. The molecule has 2 heterocycles. The molecule has 0 saturated carbocycles. The van der Waals surface area contributed by atoms with Gasteiger partial charge in [-0.3, -0.25) is 4.98 Å². The molecule has 26 heavy (non-hydrogen) atoms. The first-order valence-corrected chi connectivity index (χ1v) is 9.17. The number of hydrogen-bond donors (Lipinski definition) is 1. The number of urea groups is 1. The number of rotatable bonds is 3. The molecule has 4 rings (SSSR count). The number of amides is 2. The fourth-order valence-electron chi connectivity index (χ4n) is 2.85. The highest BCUT2D eigenvalue weighted by Gasteiger charge is 2.21. The first kappa shape index (κ1) is 16.5. The van der Waals surface area contributed by atoms with Gasteiger partial charge in [-0.2, -0.15) is 0 Å². The van der Waals surface area contributed by atoms with E-state index in [4.69, 9.17) is 0 Å². The molecule has 130 valence electrons. The van der Waals surface area contributed by atoms with E-state index in [2.05, 4.69) is 15.3 Å². The molecule has 0 saturated heterocycles. The van der Waals surface area contributed by atoms with E-state index in [0.29, 0.717) is 0 Å². The largest absolute Gasteiger partial charge is 0.322 e. The van der Waals surface area contributed by atoms with Gasteiger partial charge in [0.05, 0.1) is 21.9 Å². The zero-order valence-corrected chi connectivity index (χ0v) is 15.3. The molecule has 2 aromatic carbocycles. The molecule has 1 atom stereocenters. The van der Waals surface area contributed by atoms with E-state index >= 15 is 0 Å². The first-order valence-electron chi connectivity index (χ1n) is 8.35. The summed E-state index contributed by atoms with van der Waals surface area (Å²) in [4.78, 5) is 23.2. The van der Waals surface area contributed by atoms with Crippen LogP contribution in [0.5, 0.6) is 0 Å². The van der Waals surface area contributed by atoms with Gasteiger partial charge >= 0.3 is 6.03 Å². The van der Waals surface area contributed by atoms with Gasteiger partial charge < -0.3 is 10.2 Å². The second-order valence-electron chi connectivity index (χ2n) is 6.14. The van der Waals surface area contributed by atoms with E-state index in [1.807, 2.05) is 55.5 Å². The Morgan fingerprint density at radius 2 is 2.00 bits per heavy atom. The molecule has 0 fully saturated rings. The highest BCUT2D eigenvalue weighted by molar-refractivity contribution is 7.18. The lowest BCUT2D eigenvalue weighted by Crippen LogP contribution is -2.33. The first-order chi connectivity index (χ1) is 12.6. The molecule has 2 aromatic heterocycles. The maximum absolute atomic E-state index is 12.8. The zero-order chi connectivity index (χ0) is 18.1. The van der Waals surface area contributed by atoms with Gasteiger partial charge in [0, 0.05) is 30.2 Å². The van der Waals surface area contributed by atoms with Gasteiger partial charge in [-0.25, -0.2) is 9.78 Å². The third-order valence-corrected chi connectivity index (χ3v) is 5.70. The van der Waals surface area contributed by atoms with Crippen LogP contribution in [-0.4, -0.2) is 27.9 Å². The molecule has 2 amide bonds. The van der Waals surface area contributed by atoms with Crippen molar-refractivity contribution in [2.45, 2.75) is 13.0 Å². The Hall–Kier alpha value is -2.99. The van der Waals surface area contributed by atoms with Crippen molar-refractivity contribution < 1.29 is 4.79 Å². The van der Waals surface area contributed by atoms with Crippen molar-refractivity contribution in [1.82, 2.24) is 14.9 Å². The lowest BCUT2D eigenvalue weighted by atomic mass is 10.1. The number of nitrogens with one attached hydrogen (secondary N) is 1. The number of thiazole rings is 1. The number of para-hydroxylation sites is 1. The Bertz CT molecular complexity index is 1050. The van der Waals surface area contributed by atoms with Gasteiger partial charge in [0.1, 0.15) is 5.01 Å². The molecule has 5 nitrogen and oxygen atoms in total. The second kappa shape index (κ2) is 6.72. The number of aromatic nitrogens is 2. The van der Waals surface area contributed by atoms with Gasteiger partial charge in [0.25, 0.3) is 0 Å². The molecular formula is C20H18N4OS. The van der Waals surface area contributed by atoms with Crippen molar-refractivity contribution in [2.75, 3.05) is 12.4 Å². The van der Waals surface area contributed by atoms with E-state index in [1.165, 1.54) is 0 Å². The molecule has 0 unspecified atom stereocenters. The smallest absolute Gasteiger partial charge is 0.318 e. The lowest BCUT2D eigenvalue weighted by Gasteiger charge is -2.24. The van der Waals surface area contributed by atoms with Crippen LogP contribution in [0.3, 0.4) is 0 Å². The number of carbonyl (C=O) groups is 1. The van der Waals surface area contributed by atoms with Crippen LogP contribution in [0, 0.1) is 0 Å². The predicted molar refractivity (Wildman–Crippen MR) is 107 cm³/mol. The minimum absolute atomic E-state index is 0.121. The monoisotopic (exact) mass is 362 g/mol. The Morgan fingerprint density at radius 1 is 1.15 bits per heavy atom. The number of nitrogens with zero attached hydrogens (tertiary/aromatic N) is 3. The Morgan fingerprint density at radius 3 is 2.85 bits per heavy atom. The van der Waals surface area contributed by atoms with Crippen LogP contribution in [0.25, 0.3) is 21.0 Å². The van der Waals surface area contributed by atoms with E-state index in [1.54, 1.807) is 35.7 Å². The quantitative estimate of drug-likeness (QED) is 0.553. The molecule has 0 spiro atoms. The summed E-state index contributed by atoms with van der Waals surface area (Å²) in [7, 11) is 1.79. The summed E-state index contributed by atoms with van der Waals surface area (Å²) in [6, 6.07) is 15.4. The zero-order valence-electron chi connectivity index (χ0n) is 14.5. The second-order valence-corrected chi connectivity index (χ2v) is 7.20. The van der Waals surface area contributed by atoms with Crippen molar-refractivity contribution in [3.05, 3.63) is 65.9 Å². The third kappa shape index (κ3) is 2.99. The highest BCUT2D eigenvalue weighted by atomic mass is 32.1. The van der Waals surface area contributed by atoms with Gasteiger partial charge in [0.15, 0.2) is 0 Å². The molecule has 0 radical (unpaired) electrons. The number of hydrogen-bond acceptors (Lipinski definition) is 4. The van der Waals surface area contributed by atoms with Crippen LogP contribution >= 0.6 is 11.3 Å². The predicted octanol–water partition coefficient (Wildman–Crippen LogP) is 5.07. The average molecular weight is 362 g/mol. The fourth-order valence-corrected chi connectivity index (χ4v) is 3.91. The van der Waals surface area contributed by atoms with Crippen LogP contribution in [-0.2, 0) is 0 Å². The molecule has 1 N–H and O–H groups in total. The topological polar surface area (TPSA) is 58.1 Å². The Kier molecular flexibility index (Phi) is 4.26.